The van der Waals surface area contributed by atoms with Crippen LogP contribution in [-0.2, 0) is 16.9 Å². The summed E-state index contributed by atoms with van der Waals surface area (Å²) in [6, 6.07) is 14.5. The number of rotatable bonds is 7. The quantitative estimate of drug-likeness (QED) is 0.497. The molecule has 6 amide bonds. The van der Waals surface area contributed by atoms with Crippen LogP contribution in [0.4, 0.5) is 9.59 Å². The molecule has 3 rings (SSSR count). The molecule has 2 aromatic carbocycles. The molecule has 0 saturated carbocycles. The molecule has 32 heavy (non-hydrogen) atoms. The van der Waals surface area contributed by atoms with E-state index in [0.29, 0.717) is 18.5 Å². The van der Waals surface area contributed by atoms with E-state index in [-0.39, 0.29) is 17.6 Å². The molecule has 2 aromatic rings. The van der Waals surface area contributed by atoms with Gasteiger partial charge in [0.25, 0.3) is 11.8 Å². The Morgan fingerprint density at radius 1 is 1.03 bits per heavy atom. The lowest BCUT2D eigenvalue weighted by atomic mass is 9.87. The molecule has 9 heteroatoms. The van der Waals surface area contributed by atoms with Crippen molar-refractivity contribution in [3.63, 3.8) is 0 Å². The van der Waals surface area contributed by atoms with Crippen molar-refractivity contribution in [2.45, 2.75) is 45.3 Å². The maximum absolute atomic E-state index is 13.1. The van der Waals surface area contributed by atoms with Crippen LogP contribution >= 0.6 is 0 Å². The van der Waals surface area contributed by atoms with Gasteiger partial charge in [-0.15, -0.1) is 0 Å². The second-order valence-electron chi connectivity index (χ2n) is 7.82. The van der Waals surface area contributed by atoms with Gasteiger partial charge in [-0.1, -0.05) is 49.4 Å². The van der Waals surface area contributed by atoms with E-state index in [4.69, 9.17) is 0 Å². The first-order chi connectivity index (χ1) is 15.3. The number of hydrogen-bond acceptors (Lipinski definition) is 4. The maximum Gasteiger partial charge on any atom is 0.344 e. The summed E-state index contributed by atoms with van der Waals surface area (Å²) >= 11 is 0. The van der Waals surface area contributed by atoms with Gasteiger partial charge in [-0.25, -0.2) is 9.59 Å². The predicted octanol–water partition coefficient (Wildman–Crippen LogP) is 2.40. The van der Waals surface area contributed by atoms with Crippen LogP contribution in [0.2, 0.25) is 0 Å². The van der Waals surface area contributed by atoms with E-state index < -0.39 is 23.4 Å². The Balaban J connectivity index is 1.66. The van der Waals surface area contributed by atoms with Crippen molar-refractivity contribution in [1.29, 1.82) is 0 Å². The normalized spacial score (nSPS) is 17.8. The number of carbonyl (C=O) groups excluding carboxylic acids is 4. The van der Waals surface area contributed by atoms with E-state index in [9.17, 15) is 19.2 Å². The third-order valence-corrected chi connectivity index (χ3v) is 5.19. The molecule has 0 aliphatic carbocycles. The van der Waals surface area contributed by atoms with Gasteiger partial charge in [-0.05, 0) is 43.5 Å². The summed E-state index contributed by atoms with van der Waals surface area (Å²) in [7, 11) is 0. The average molecular weight is 438 g/mol. The first-order valence-corrected chi connectivity index (χ1v) is 10.4. The summed E-state index contributed by atoms with van der Waals surface area (Å²) < 4.78 is 0. The smallest absolute Gasteiger partial charge is 0.336 e. The fraction of sp³-hybridized carbons (Fsp3) is 0.304. The summed E-state index contributed by atoms with van der Waals surface area (Å²) in [5.41, 5.74) is 2.89. The highest BCUT2D eigenvalue weighted by Gasteiger charge is 2.52. The van der Waals surface area contributed by atoms with Crippen molar-refractivity contribution in [2.24, 2.45) is 0 Å². The van der Waals surface area contributed by atoms with Crippen LogP contribution < -0.4 is 21.4 Å². The molecule has 1 unspecified atom stereocenters. The standard InChI is InChI=1S/C23H27N5O4/c1-4-23(18-8-6-5-7-9-18)20(30)28(22(32)26-23)27-19(29)17-12-10-16(11-13-17)14-24-21(31)25-15(2)3/h5-13,15H,4,14H2,1-3H3,(H,26,32)(H,27,29)(H2,24,25,31). The molecule has 0 radical (unpaired) electrons. The monoisotopic (exact) mass is 437 g/mol. The van der Waals surface area contributed by atoms with Gasteiger partial charge >= 0.3 is 12.1 Å². The molecule has 1 heterocycles. The Morgan fingerprint density at radius 3 is 2.28 bits per heavy atom. The van der Waals surface area contributed by atoms with Gasteiger partial charge in [0.15, 0.2) is 0 Å². The van der Waals surface area contributed by atoms with Crippen LogP contribution in [0.25, 0.3) is 0 Å². The number of nitrogens with one attached hydrogen (secondary N) is 4. The Morgan fingerprint density at radius 2 is 1.69 bits per heavy atom. The van der Waals surface area contributed by atoms with Crippen LogP contribution in [0, 0.1) is 0 Å². The second kappa shape index (κ2) is 9.51. The van der Waals surface area contributed by atoms with E-state index in [1.807, 2.05) is 19.9 Å². The maximum atomic E-state index is 13.1. The van der Waals surface area contributed by atoms with Gasteiger partial charge in [-0.2, -0.15) is 5.01 Å². The number of carbonyl (C=O) groups is 4. The molecular weight excluding hydrogens is 410 g/mol. The molecule has 9 nitrogen and oxygen atoms in total. The minimum Gasteiger partial charge on any atom is -0.336 e. The number of imide groups is 1. The number of benzene rings is 2. The Hall–Kier alpha value is -3.88. The van der Waals surface area contributed by atoms with Crippen molar-refractivity contribution < 1.29 is 19.2 Å². The van der Waals surface area contributed by atoms with E-state index in [2.05, 4.69) is 21.4 Å². The molecule has 0 bridgehead atoms. The van der Waals surface area contributed by atoms with Crippen LogP contribution in [-0.4, -0.2) is 34.9 Å². The summed E-state index contributed by atoms with van der Waals surface area (Å²) in [4.78, 5) is 49.9. The minimum atomic E-state index is -1.22. The minimum absolute atomic E-state index is 0.0277. The first-order valence-electron chi connectivity index (χ1n) is 10.4. The highest BCUT2D eigenvalue weighted by atomic mass is 16.2. The van der Waals surface area contributed by atoms with Crippen molar-refractivity contribution in [1.82, 2.24) is 26.4 Å². The van der Waals surface area contributed by atoms with Crippen molar-refractivity contribution >= 4 is 23.9 Å². The lowest BCUT2D eigenvalue weighted by molar-refractivity contribution is -0.133. The predicted molar refractivity (Wildman–Crippen MR) is 118 cm³/mol. The van der Waals surface area contributed by atoms with E-state index >= 15 is 0 Å². The highest BCUT2D eigenvalue weighted by Crippen LogP contribution is 2.31. The van der Waals surface area contributed by atoms with E-state index in [1.54, 1.807) is 55.5 Å². The van der Waals surface area contributed by atoms with Gasteiger partial charge < -0.3 is 16.0 Å². The van der Waals surface area contributed by atoms with Gasteiger partial charge in [0.05, 0.1) is 0 Å². The second-order valence-corrected chi connectivity index (χ2v) is 7.82. The van der Waals surface area contributed by atoms with Gasteiger partial charge in [0.2, 0.25) is 0 Å². The van der Waals surface area contributed by atoms with Crippen molar-refractivity contribution in [3.8, 4) is 0 Å². The third kappa shape index (κ3) is 4.72. The van der Waals surface area contributed by atoms with Crippen molar-refractivity contribution in [2.75, 3.05) is 0 Å². The fourth-order valence-corrected chi connectivity index (χ4v) is 3.47. The largest absolute Gasteiger partial charge is 0.344 e. The van der Waals surface area contributed by atoms with Crippen LogP contribution in [0.1, 0.15) is 48.7 Å². The molecule has 4 N–H and O–H groups in total. The molecule has 1 aliphatic rings. The van der Waals surface area contributed by atoms with E-state index in [0.717, 1.165) is 10.6 Å². The summed E-state index contributed by atoms with van der Waals surface area (Å²) in [6.45, 7) is 5.82. The lowest BCUT2D eigenvalue weighted by Gasteiger charge is -2.25. The number of urea groups is 2. The first kappa shape index (κ1) is 22.8. The van der Waals surface area contributed by atoms with E-state index in [1.165, 1.54) is 0 Å². The zero-order valence-corrected chi connectivity index (χ0v) is 18.3. The molecule has 168 valence electrons. The topological polar surface area (TPSA) is 120 Å². The zero-order chi connectivity index (χ0) is 23.3. The Labute approximate surface area is 186 Å². The summed E-state index contributed by atoms with van der Waals surface area (Å²) in [5, 5.41) is 8.89. The molecular formula is C23H27N5O4. The molecule has 1 aliphatic heterocycles. The molecule has 1 atom stereocenters. The molecule has 1 fully saturated rings. The van der Waals surface area contributed by atoms with Gasteiger partial charge in [-0.3, -0.25) is 15.0 Å². The third-order valence-electron chi connectivity index (χ3n) is 5.19. The Kier molecular flexibility index (Phi) is 6.77. The lowest BCUT2D eigenvalue weighted by Crippen LogP contribution is -2.48. The number of amides is 6. The van der Waals surface area contributed by atoms with Crippen LogP contribution in [0.5, 0.6) is 0 Å². The molecule has 0 aromatic heterocycles. The van der Waals surface area contributed by atoms with Crippen LogP contribution in [0.15, 0.2) is 54.6 Å². The SMILES string of the molecule is CCC1(c2ccccc2)NC(=O)N(NC(=O)c2ccc(CNC(=O)NC(C)C)cc2)C1=O. The van der Waals surface area contributed by atoms with Gasteiger partial charge in [0, 0.05) is 18.2 Å². The molecule has 1 saturated heterocycles. The average Bonchev–Trinajstić information content (AvgIpc) is 3.03. The highest BCUT2D eigenvalue weighted by molar-refractivity contribution is 6.09. The number of nitrogens with zero attached hydrogens (tertiary/aromatic N) is 1. The molecule has 0 spiro atoms. The van der Waals surface area contributed by atoms with Crippen molar-refractivity contribution in [3.05, 3.63) is 71.3 Å². The zero-order valence-electron chi connectivity index (χ0n) is 18.3. The Bertz CT molecular complexity index is 1010. The summed E-state index contributed by atoms with van der Waals surface area (Å²) in [6.07, 6.45) is 0.333. The van der Waals surface area contributed by atoms with Gasteiger partial charge in [0.1, 0.15) is 5.54 Å². The number of hydrazine groups is 1. The summed E-state index contributed by atoms with van der Waals surface area (Å²) in [5.74, 6) is -1.13. The van der Waals surface area contributed by atoms with Crippen LogP contribution in [0.3, 0.4) is 0 Å². The fourth-order valence-electron chi connectivity index (χ4n) is 3.47. The number of hydrogen-bond donors (Lipinski definition) is 4.